The summed E-state index contributed by atoms with van der Waals surface area (Å²) in [5.74, 6) is 0. The third-order valence-electron chi connectivity index (χ3n) is 1.87. The molecule has 0 radical (unpaired) electrons. The summed E-state index contributed by atoms with van der Waals surface area (Å²) in [4.78, 5) is 0. The standard InChI is InChI=1S/C10H15BrO2Si/c1-3-9-13-14(11,12-2)10-7-5-4-6-8-10/h4-8H,3,9H2,1-2H3. The molecule has 0 spiro atoms. The second-order valence-electron chi connectivity index (χ2n) is 2.95. The van der Waals surface area contributed by atoms with E-state index in [2.05, 4.69) is 22.2 Å². The van der Waals surface area contributed by atoms with Crippen molar-refractivity contribution in [2.75, 3.05) is 13.7 Å². The molecule has 78 valence electrons. The third-order valence-corrected chi connectivity index (χ3v) is 7.03. The molecule has 0 saturated carbocycles. The molecule has 0 aromatic heterocycles. The van der Waals surface area contributed by atoms with Gasteiger partial charge in [0.25, 0.3) is 0 Å². The molecule has 0 fully saturated rings. The molecule has 1 unspecified atom stereocenters. The third kappa shape index (κ3) is 2.92. The molecule has 0 aliphatic carbocycles. The highest BCUT2D eigenvalue weighted by Crippen LogP contribution is 2.15. The van der Waals surface area contributed by atoms with E-state index in [0.29, 0.717) is 0 Å². The first kappa shape index (κ1) is 11.9. The van der Waals surface area contributed by atoms with Crippen molar-refractivity contribution in [2.45, 2.75) is 13.3 Å². The zero-order valence-corrected chi connectivity index (χ0v) is 11.1. The highest BCUT2D eigenvalue weighted by molar-refractivity contribution is 9.26. The van der Waals surface area contributed by atoms with Crippen molar-refractivity contribution in [2.24, 2.45) is 0 Å². The van der Waals surface area contributed by atoms with Crippen LogP contribution in [-0.2, 0) is 8.85 Å². The maximum Gasteiger partial charge on any atom is 0.448 e. The molecule has 0 N–H and O–H groups in total. The molecular weight excluding hydrogens is 260 g/mol. The fraction of sp³-hybridized carbons (Fsp3) is 0.400. The molecule has 0 amide bonds. The number of hydrogen-bond acceptors (Lipinski definition) is 2. The Morgan fingerprint density at radius 1 is 1.29 bits per heavy atom. The van der Waals surface area contributed by atoms with Gasteiger partial charge < -0.3 is 8.85 Å². The predicted octanol–water partition coefficient (Wildman–Crippen LogP) is 2.30. The lowest BCUT2D eigenvalue weighted by Crippen LogP contribution is -2.47. The zero-order chi connectivity index (χ0) is 10.4. The second kappa shape index (κ2) is 5.65. The van der Waals surface area contributed by atoms with E-state index in [1.54, 1.807) is 7.11 Å². The van der Waals surface area contributed by atoms with Crippen molar-refractivity contribution in [3.63, 3.8) is 0 Å². The zero-order valence-electron chi connectivity index (χ0n) is 8.50. The maximum atomic E-state index is 5.75. The van der Waals surface area contributed by atoms with Gasteiger partial charge in [-0.2, -0.15) is 0 Å². The van der Waals surface area contributed by atoms with E-state index >= 15 is 0 Å². The number of hydrogen-bond donors (Lipinski definition) is 0. The lowest BCUT2D eigenvalue weighted by Gasteiger charge is -2.22. The Morgan fingerprint density at radius 2 is 1.93 bits per heavy atom. The average molecular weight is 275 g/mol. The van der Waals surface area contributed by atoms with Gasteiger partial charge in [-0.25, -0.2) is 0 Å². The van der Waals surface area contributed by atoms with Crippen molar-refractivity contribution in [1.82, 2.24) is 0 Å². The largest absolute Gasteiger partial charge is 0.448 e. The van der Waals surface area contributed by atoms with Crippen LogP contribution in [0.25, 0.3) is 0 Å². The molecule has 0 aliphatic rings. The van der Waals surface area contributed by atoms with E-state index in [-0.39, 0.29) is 0 Å². The van der Waals surface area contributed by atoms with Crippen LogP contribution in [-0.4, -0.2) is 20.9 Å². The van der Waals surface area contributed by atoms with Crippen LogP contribution in [0.4, 0.5) is 0 Å². The summed E-state index contributed by atoms with van der Waals surface area (Å²) in [5, 5.41) is 1.11. The number of rotatable bonds is 5. The van der Waals surface area contributed by atoms with Crippen LogP contribution in [0, 0.1) is 0 Å². The van der Waals surface area contributed by atoms with Crippen molar-refractivity contribution in [3.8, 4) is 0 Å². The molecule has 1 aromatic carbocycles. The van der Waals surface area contributed by atoms with Crippen LogP contribution in [0.15, 0.2) is 30.3 Å². The average Bonchev–Trinajstić information content (AvgIpc) is 2.27. The van der Waals surface area contributed by atoms with Crippen molar-refractivity contribution in [1.29, 1.82) is 0 Å². The quantitative estimate of drug-likeness (QED) is 0.606. The van der Waals surface area contributed by atoms with E-state index in [1.165, 1.54) is 0 Å². The molecule has 4 heteroatoms. The molecule has 14 heavy (non-hydrogen) atoms. The van der Waals surface area contributed by atoms with Crippen LogP contribution >= 0.6 is 15.3 Å². The molecule has 0 bridgehead atoms. The maximum absolute atomic E-state index is 5.75. The SMILES string of the molecule is CCCO[Si](Br)(OC)c1ccccc1. The Bertz CT molecular complexity index is 268. The summed E-state index contributed by atoms with van der Waals surface area (Å²) in [7, 11) is -0.624. The van der Waals surface area contributed by atoms with Crippen molar-refractivity contribution < 1.29 is 8.85 Å². The van der Waals surface area contributed by atoms with Gasteiger partial charge in [0.05, 0.1) is 0 Å². The van der Waals surface area contributed by atoms with E-state index in [9.17, 15) is 0 Å². The van der Waals surface area contributed by atoms with Gasteiger partial charge in [-0.05, 0) is 6.42 Å². The summed E-state index contributed by atoms with van der Waals surface area (Å²) in [6, 6.07) is 10.0. The Morgan fingerprint density at radius 3 is 2.43 bits per heavy atom. The first-order valence-electron chi connectivity index (χ1n) is 4.66. The van der Waals surface area contributed by atoms with Crippen LogP contribution in [0.3, 0.4) is 0 Å². The smallest absolute Gasteiger partial charge is 0.386 e. The first-order chi connectivity index (χ1) is 6.73. The molecule has 0 aliphatic heterocycles. The fourth-order valence-corrected chi connectivity index (χ4v) is 3.99. The first-order valence-corrected chi connectivity index (χ1v) is 8.74. The lowest BCUT2D eigenvalue weighted by molar-refractivity contribution is 0.235. The number of halogens is 1. The molecule has 1 rings (SSSR count). The van der Waals surface area contributed by atoms with Crippen LogP contribution in [0.5, 0.6) is 0 Å². The van der Waals surface area contributed by atoms with Gasteiger partial charge in [0.1, 0.15) is 0 Å². The summed E-state index contributed by atoms with van der Waals surface area (Å²) in [6.07, 6.45) is 0.997. The lowest BCUT2D eigenvalue weighted by atomic mass is 10.4. The summed E-state index contributed by atoms with van der Waals surface area (Å²) < 4.78 is 11.2. The Kier molecular flexibility index (Phi) is 4.81. The fourth-order valence-electron chi connectivity index (χ4n) is 1.13. The highest BCUT2D eigenvalue weighted by atomic mass is 79.9. The molecule has 0 saturated heterocycles. The van der Waals surface area contributed by atoms with Gasteiger partial charge in [-0.3, -0.25) is 0 Å². The molecule has 1 atom stereocenters. The summed E-state index contributed by atoms with van der Waals surface area (Å²) >= 11 is 3.59. The van der Waals surface area contributed by atoms with Crippen LogP contribution in [0.1, 0.15) is 13.3 Å². The minimum Gasteiger partial charge on any atom is -0.386 e. The highest BCUT2D eigenvalue weighted by Gasteiger charge is 2.35. The van der Waals surface area contributed by atoms with E-state index in [0.717, 1.165) is 18.2 Å². The van der Waals surface area contributed by atoms with Gasteiger partial charge in [0, 0.05) is 18.9 Å². The van der Waals surface area contributed by atoms with Crippen molar-refractivity contribution in [3.05, 3.63) is 30.3 Å². The predicted molar refractivity (Wildman–Crippen MR) is 64.0 cm³/mol. The molecule has 0 heterocycles. The molecular formula is C10H15BrO2Si. The molecule has 1 aromatic rings. The summed E-state index contributed by atoms with van der Waals surface area (Å²) in [6.45, 7) is 2.81. The van der Waals surface area contributed by atoms with Gasteiger partial charge in [-0.15, -0.1) is 0 Å². The normalized spacial score (nSPS) is 15.1. The van der Waals surface area contributed by atoms with Crippen LogP contribution < -0.4 is 5.19 Å². The monoisotopic (exact) mass is 274 g/mol. The number of benzene rings is 1. The van der Waals surface area contributed by atoms with E-state index in [1.807, 2.05) is 30.3 Å². The van der Waals surface area contributed by atoms with Gasteiger partial charge in [0.15, 0.2) is 0 Å². The minimum absolute atomic E-state index is 0.722. The van der Waals surface area contributed by atoms with Gasteiger partial charge in [0.2, 0.25) is 0 Å². The van der Waals surface area contributed by atoms with E-state index in [4.69, 9.17) is 8.85 Å². The van der Waals surface area contributed by atoms with Crippen LogP contribution in [0.2, 0.25) is 0 Å². The Balaban J connectivity index is 2.79. The second-order valence-corrected chi connectivity index (χ2v) is 8.43. The van der Waals surface area contributed by atoms with Gasteiger partial charge >= 0.3 is 7.18 Å². The minimum atomic E-state index is -2.31. The van der Waals surface area contributed by atoms with Crippen molar-refractivity contribution >= 4 is 27.7 Å². The summed E-state index contributed by atoms with van der Waals surface area (Å²) in [5.41, 5.74) is 0. The Hall–Kier alpha value is -0.163. The topological polar surface area (TPSA) is 18.5 Å². The van der Waals surface area contributed by atoms with E-state index < -0.39 is 7.18 Å². The molecule has 2 nitrogen and oxygen atoms in total. The van der Waals surface area contributed by atoms with Gasteiger partial charge in [-0.1, -0.05) is 52.5 Å². The Labute approximate surface area is 94.1 Å².